The number of benzene rings is 2. The lowest BCUT2D eigenvalue weighted by Gasteiger charge is -2.11. The van der Waals surface area contributed by atoms with E-state index in [2.05, 4.69) is 5.32 Å². The SMILES string of the molecule is COc1ccc(OCC(=O)OCC(=O)Nc2cc(C)ccc2OC)cc1. The van der Waals surface area contributed by atoms with Crippen molar-refractivity contribution in [3.05, 3.63) is 48.0 Å². The highest BCUT2D eigenvalue weighted by Gasteiger charge is 2.11. The van der Waals surface area contributed by atoms with Crippen LogP contribution in [0.2, 0.25) is 0 Å². The third kappa shape index (κ3) is 5.70. The third-order valence-corrected chi connectivity index (χ3v) is 3.41. The Balaban J connectivity index is 1.77. The first kappa shape index (κ1) is 19.1. The molecule has 0 heterocycles. The second-order valence-corrected chi connectivity index (χ2v) is 5.38. The fraction of sp³-hybridized carbons (Fsp3) is 0.263. The molecule has 0 aliphatic rings. The lowest BCUT2D eigenvalue weighted by molar-refractivity contribution is -0.149. The van der Waals surface area contributed by atoms with Crippen LogP contribution in [-0.4, -0.2) is 39.3 Å². The number of carbonyl (C=O) groups is 2. The minimum atomic E-state index is -0.646. The summed E-state index contributed by atoms with van der Waals surface area (Å²) in [6.45, 7) is 1.18. The van der Waals surface area contributed by atoms with Crippen molar-refractivity contribution < 1.29 is 28.5 Å². The molecule has 7 heteroatoms. The van der Waals surface area contributed by atoms with Gasteiger partial charge in [-0.3, -0.25) is 4.79 Å². The molecule has 138 valence electrons. The summed E-state index contributed by atoms with van der Waals surface area (Å²) in [5, 5.41) is 2.65. The van der Waals surface area contributed by atoms with E-state index in [9.17, 15) is 9.59 Å². The first-order chi connectivity index (χ1) is 12.5. The molecule has 0 fully saturated rings. The molecule has 0 bridgehead atoms. The first-order valence-electron chi connectivity index (χ1n) is 7.89. The van der Waals surface area contributed by atoms with E-state index in [1.165, 1.54) is 7.11 Å². The van der Waals surface area contributed by atoms with Crippen LogP contribution >= 0.6 is 0 Å². The number of methoxy groups -OCH3 is 2. The molecule has 0 radical (unpaired) electrons. The minimum Gasteiger partial charge on any atom is -0.497 e. The van der Waals surface area contributed by atoms with Gasteiger partial charge in [-0.2, -0.15) is 0 Å². The molecule has 0 aromatic heterocycles. The smallest absolute Gasteiger partial charge is 0.344 e. The summed E-state index contributed by atoms with van der Waals surface area (Å²) in [5.41, 5.74) is 1.48. The summed E-state index contributed by atoms with van der Waals surface area (Å²) < 4.78 is 20.4. The maximum atomic E-state index is 11.9. The Hall–Kier alpha value is -3.22. The van der Waals surface area contributed by atoms with Gasteiger partial charge in [0.25, 0.3) is 5.91 Å². The highest BCUT2D eigenvalue weighted by Crippen LogP contribution is 2.25. The molecule has 2 aromatic carbocycles. The van der Waals surface area contributed by atoms with Crippen LogP contribution in [0.1, 0.15) is 5.56 Å². The molecular formula is C19H21NO6. The van der Waals surface area contributed by atoms with Crippen molar-refractivity contribution in [3.63, 3.8) is 0 Å². The van der Waals surface area contributed by atoms with Crippen LogP contribution in [0, 0.1) is 6.92 Å². The van der Waals surface area contributed by atoms with Crippen molar-refractivity contribution in [1.29, 1.82) is 0 Å². The number of hydrogen-bond acceptors (Lipinski definition) is 6. The number of aryl methyl sites for hydroxylation is 1. The van der Waals surface area contributed by atoms with Crippen LogP contribution in [0.25, 0.3) is 0 Å². The fourth-order valence-corrected chi connectivity index (χ4v) is 2.11. The largest absolute Gasteiger partial charge is 0.497 e. The number of anilines is 1. The molecule has 2 rings (SSSR count). The van der Waals surface area contributed by atoms with Gasteiger partial charge in [0, 0.05) is 0 Å². The van der Waals surface area contributed by atoms with Crippen molar-refractivity contribution in [1.82, 2.24) is 0 Å². The Morgan fingerprint density at radius 3 is 2.27 bits per heavy atom. The van der Waals surface area contributed by atoms with E-state index in [1.54, 1.807) is 43.5 Å². The zero-order chi connectivity index (χ0) is 18.9. The van der Waals surface area contributed by atoms with Gasteiger partial charge in [-0.05, 0) is 48.9 Å². The topological polar surface area (TPSA) is 83.1 Å². The number of esters is 1. The maximum absolute atomic E-state index is 11.9. The quantitative estimate of drug-likeness (QED) is 0.730. The molecule has 7 nitrogen and oxygen atoms in total. The van der Waals surface area contributed by atoms with Crippen molar-refractivity contribution >= 4 is 17.6 Å². The Labute approximate surface area is 151 Å². The Morgan fingerprint density at radius 2 is 1.62 bits per heavy atom. The van der Waals surface area contributed by atoms with E-state index in [1.807, 2.05) is 13.0 Å². The van der Waals surface area contributed by atoms with Crippen LogP contribution < -0.4 is 19.5 Å². The third-order valence-electron chi connectivity index (χ3n) is 3.41. The summed E-state index contributed by atoms with van der Waals surface area (Å²) in [6, 6.07) is 12.1. The molecule has 0 aliphatic carbocycles. The standard InChI is InChI=1S/C19H21NO6/c1-13-4-9-17(24-3)16(10-13)20-18(21)11-26-19(22)12-25-15-7-5-14(23-2)6-8-15/h4-10H,11-12H2,1-3H3,(H,20,21). The number of carbonyl (C=O) groups excluding carboxylic acids is 2. The van der Waals surface area contributed by atoms with E-state index in [-0.39, 0.29) is 6.61 Å². The Bertz CT molecular complexity index is 757. The number of amides is 1. The lowest BCUT2D eigenvalue weighted by atomic mass is 10.2. The normalized spacial score (nSPS) is 9.96. The van der Waals surface area contributed by atoms with Crippen molar-refractivity contribution in [2.24, 2.45) is 0 Å². The number of rotatable bonds is 8. The molecule has 0 atom stereocenters. The van der Waals surface area contributed by atoms with Gasteiger partial charge in [-0.1, -0.05) is 6.07 Å². The summed E-state index contributed by atoms with van der Waals surface area (Å²) in [5.74, 6) is 0.594. The summed E-state index contributed by atoms with van der Waals surface area (Å²) in [6.07, 6.45) is 0. The lowest BCUT2D eigenvalue weighted by Crippen LogP contribution is -2.23. The van der Waals surface area contributed by atoms with E-state index >= 15 is 0 Å². The van der Waals surface area contributed by atoms with Crippen molar-refractivity contribution in [3.8, 4) is 17.2 Å². The van der Waals surface area contributed by atoms with Gasteiger partial charge in [0.2, 0.25) is 0 Å². The molecule has 0 saturated carbocycles. The van der Waals surface area contributed by atoms with E-state index in [0.717, 1.165) is 5.56 Å². The highest BCUT2D eigenvalue weighted by atomic mass is 16.6. The van der Waals surface area contributed by atoms with Gasteiger partial charge in [0.05, 0.1) is 19.9 Å². The monoisotopic (exact) mass is 359 g/mol. The fourth-order valence-electron chi connectivity index (χ4n) is 2.11. The van der Waals surface area contributed by atoms with Gasteiger partial charge < -0.3 is 24.3 Å². The maximum Gasteiger partial charge on any atom is 0.344 e. The summed E-state index contributed by atoms with van der Waals surface area (Å²) in [7, 11) is 3.07. The summed E-state index contributed by atoms with van der Waals surface area (Å²) in [4.78, 5) is 23.6. The predicted molar refractivity (Wildman–Crippen MR) is 95.8 cm³/mol. The van der Waals surface area contributed by atoms with Gasteiger partial charge in [-0.25, -0.2) is 4.79 Å². The molecule has 0 spiro atoms. The molecule has 0 aliphatic heterocycles. The van der Waals surface area contributed by atoms with Gasteiger partial charge in [0.1, 0.15) is 17.2 Å². The van der Waals surface area contributed by atoms with Crippen LogP contribution in [0.5, 0.6) is 17.2 Å². The average molecular weight is 359 g/mol. The molecule has 0 saturated heterocycles. The average Bonchev–Trinajstić information content (AvgIpc) is 2.65. The number of nitrogens with one attached hydrogen (secondary N) is 1. The Kier molecular flexibility index (Phi) is 6.84. The molecule has 1 amide bonds. The molecular weight excluding hydrogens is 338 g/mol. The van der Waals surface area contributed by atoms with Gasteiger partial charge in [-0.15, -0.1) is 0 Å². The van der Waals surface area contributed by atoms with Crippen molar-refractivity contribution in [2.75, 3.05) is 32.8 Å². The number of ether oxygens (including phenoxy) is 4. The van der Waals surface area contributed by atoms with E-state index in [4.69, 9.17) is 18.9 Å². The Morgan fingerprint density at radius 1 is 0.923 bits per heavy atom. The van der Waals surface area contributed by atoms with Crippen molar-refractivity contribution in [2.45, 2.75) is 6.92 Å². The molecule has 2 aromatic rings. The first-order valence-corrected chi connectivity index (χ1v) is 7.89. The molecule has 26 heavy (non-hydrogen) atoms. The summed E-state index contributed by atoms with van der Waals surface area (Å²) >= 11 is 0. The molecule has 0 unspecified atom stereocenters. The second kappa shape index (κ2) is 9.31. The van der Waals surface area contributed by atoms with Crippen LogP contribution in [0.3, 0.4) is 0 Å². The zero-order valence-electron chi connectivity index (χ0n) is 14.9. The van der Waals surface area contributed by atoms with Crippen LogP contribution in [0.4, 0.5) is 5.69 Å². The highest BCUT2D eigenvalue weighted by molar-refractivity contribution is 5.94. The molecule has 1 N–H and O–H groups in total. The number of hydrogen-bond donors (Lipinski definition) is 1. The second-order valence-electron chi connectivity index (χ2n) is 5.38. The zero-order valence-corrected chi connectivity index (χ0v) is 14.9. The van der Waals surface area contributed by atoms with E-state index < -0.39 is 18.5 Å². The minimum absolute atomic E-state index is 0.298. The van der Waals surface area contributed by atoms with Crippen LogP contribution in [-0.2, 0) is 14.3 Å². The van der Waals surface area contributed by atoms with Gasteiger partial charge >= 0.3 is 5.97 Å². The van der Waals surface area contributed by atoms with Crippen LogP contribution in [0.15, 0.2) is 42.5 Å². The van der Waals surface area contributed by atoms with E-state index in [0.29, 0.717) is 22.9 Å². The van der Waals surface area contributed by atoms with Gasteiger partial charge in [0.15, 0.2) is 13.2 Å². The predicted octanol–water partition coefficient (Wildman–Crippen LogP) is 2.57.